The maximum Gasteiger partial charge on any atom is 0.280 e. The van der Waals surface area contributed by atoms with Crippen molar-refractivity contribution in [3.8, 4) is 0 Å². The van der Waals surface area contributed by atoms with Gasteiger partial charge in [0.1, 0.15) is 5.69 Å². The first-order valence-corrected chi connectivity index (χ1v) is 7.55. The van der Waals surface area contributed by atoms with E-state index < -0.39 is 6.43 Å². The Morgan fingerprint density at radius 1 is 1.33 bits per heavy atom. The highest BCUT2D eigenvalue weighted by Gasteiger charge is 2.18. The first kappa shape index (κ1) is 16.0. The molecular weight excluding hydrogens is 294 g/mol. The van der Waals surface area contributed by atoms with Crippen molar-refractivity contribution in [2.45, 2.75) is 32.4 Å². The molecule has 0 aliphatic heterocycles. The third-order valence-electron chi connectivity index (χ3n) is 3.38. The van der Waals surface area contributed by atoms with Crippen LogP contribution in [0.1, 0.15) is 47.1 Å². The lowest BCUT2D eigenvalue weighted by Crippen LogP contribution is -2.27. The zero-order valence-electron chi connectivity index (χ0n) is 11.9. The molecule has 0 aliphatic carbocycles. The standard InChI is InChI=1S/C15H18F2N2OS/c1-9-5-6-21-14(9)13(8-20)19-10(2)11-3-4-12(15(16)17)18-7-11/h3-7,10,13,15,19-20H,8H2,1-2H3. The smallest absolute Gasteiger partial charge is 0.280 e. The summed E-state index contributed by atoms with van der Waals surface area (Å²) in [5.74, 6) is 0. The summed E-state index contributed by atoms with van der Waals surface area (Å²) in [5.41, 5.74) is 1.72. The van der Waals surface area contributed by atoms with Crippen molar-refractivity contribution in [3.05, 3.63) is 51.5 Å². The third-order valence-corrected chi connectivity index (χ3v) is 4.52. The summed E-state index contributed by atoms with van der Waals surface area (Å²) >= 11 is 1.59. The van der Waals surface area contributed by atoms with Gasteiger partial charge in [0.25, 0.3) is 6.43 Å². The summed E-state index contributed by atoms with van der Waals surface area (Å²) in [4.78, 5) is 4.85. The first-order chi connectivity index (χ1) is 10.0. The van der Waals surface area contributed by atoms with Crippen LogP contribution in [0.15, 0.2) is 29.8 Å². The molecule has 0 spiro atoms. The van der Waals surface area contributed by atoms with Gasteiger partial charge in [-0.15, -0.1) is 11.3 Å². The van der Waals surface area contributed by atoms with Crippen LogP contribution in [0, 0.1) is 6.92 Å². The van der Waals surface area contributed by atoms with Crippen molar-refractivity contribution in [1.82, 2.24) is 10.3 Å². The molecule has 0 saturated heterocycles. The Balaban J connectivity index is 2.09. The van der Waals surface area contributed by atoms with Gasteiger partial charge in [0.2, 0.25) is 0 Å². The fourth-order valence-electron chi connectivity index (χ4n) is 2.15. The molecule has 114 valence electrons. The molecule has 2 heterocycles. The maximum atomic E-state index is 12.5. The second-order valence-corrected chi connectivity index (χ2v) is 5.86. The van der Waals surface area contributed by atoms with E-state index in [4.69, 9.17) is 0 Å². The molecule has 2 rings (SSSR count). The predicted octanol–water partition coefficient (Wildman–Crippen LogP) is 3.77. The zero-order valence-corrected chi connectivity index (χ0v) is 12.7. The SMILES string of the molecule is Cc1ccsc1C(CO)NC(C)c1ccc(C(F)F)nc1. The molecule has 0 aliphatic rings. The van der Waals surface area contributed by atoms with Gasteiger partial charge in [-0.1, -0.05) is 6.07 Å². The van der Waals surface area contributed by atoms with Gasteiger partial charge in [-0.3, -0.25) is 4.98 Å². The molecule has 3 nitrogen and oxygen atoms in total. The number of rotatable bonds is 6. The van der Waals surface area contributed by atoms with Gasteiger partial charge >= 0.3 is 0 Å². The van der Waals surface area contributed by atoms with Crippen molar-refractivity contribution in [2.24, 2.45) is 0 Å². The molecule has 0 aromatic carbocycles. The lowest BCUT2D eigenvalue weighted by molar-refractivity contribution is 0.146. The van der Waals surface area contributed by atoms with E-state index >= 15 is 0 Å². The number of hydrogen-bond acceptors (Lipinski definition) is 4. The van der Waals surface area contributed by atoms with E-state index in [9.17, 15) is 13.9 Å². The second-order valence-electron chi connectivity index (χ2n) is 4.91. The van der Waals surface area contributed by atoms with Crippen LogP contribution in [0.5, 0.6) is 0 Å². The number of alkyl halides is 2. The largest absolute Gasteiger partial charge is 0.394 e. The molecule has 0 saturated carbocycles. The van der Waals surface area contributed by atoms with E-state index in [-0.39, 0.29) is 24.4 Å². The zero-order chi connectivity index (χ0) is 15.4. The number of hydrogen-bond donors (Lipinski definition) is 2. The van der Waals surface area contributed by atoms with Gasteiger partial charge in [-0.2, -0.15) is 0 Å². The summed E-state index contributed by atoms with van der Waals surface area (Å²) in [6.45, 7) is 3.90. The molecule has 2 aromatic rings. The quantitative estimate of drug-likeness (QED) is 0.853. The van der Waals surface area contributed by atoms with Crippen molar-refractivity contribution in [3.63, 3.8) is 0 Å². The Bertz CT molecular complexity index is 571. The van der Waals surface area contributed by atoms with Crippen LogP contribution in [0.2, 0.25) is 0 Å². The minimum absolute atomic E-state index is 0.0196. The average molecular weight is 312 g/mol. The molecule has 0 bridgehead atoms. The maximum absolute atomic E-state index is 12.5. The fraction of sp³-hybridized carbons (Fsp3) is 0.400. The molecule has 0 fully saturated rings. The Morgan fingerprint density at radius 3 is 2.57 bits per heavy atom. The number of aliphatic hydroxyl groups is 1. The molecule has 6 heteroatoms. The van der Waals surface area contributed by atoms with E-state index in [2.05, 4.69) is 10.3 Å². The Labute approximate surface area is 126 Å². The monoisotopic (exact) mass is 312 g/mol. The number of aromatic nitrogens is 1. The van der Waals surface area contributed by atoms with Gasteiger partial charge in [0.15, 0.2) is 0 Å². The van der Waals surface area contributed by atoms with Crippen molar-refractivity contribution in [2.75, 3.05) is 6.61 Å². The van der Waals surface area contributed by atoms with Gasteiger partial charge in [0, 0.05) is 17.1 Å². The summed E-state index contributed by atoms with van der Waals surface area (Å²) in [6.07, 6.45) is -1.10. The second kappa shape index (κ2) is 7.06. The van der Waals surface area contributed by atoms with Crippen molar-refractivity contribution < 1.29 is 13.9 Å². The topological polar surface area (TPSA) is 45.1 Å². The molecule has 0 radical (unpaired) electrons. The predicted molar refractivity (Wildman–Crippen MR) is 79.6 cm³/mol. The lowest BCUT2D eigenvalue weighted by Gasteiger charge is -2.22. The van der Waals surface area contributed by atoms with Crippen LogP contribution < -0.4 is 5.32 Å². The number of halogens is 2. The highest BCUT2D eigenvalue weighted by atomic mass is 32.1. The van der Waals surface area contributed by atoms with E-state index in [0.717, 1.165) is 16.0 Å². The number of aliphatic hydroxyl groups excluding tert-OH is 1. The molecule has 2 N–H and O–H groups in total. The van der Waals surface area contributed by atoms with Crippen LogP contribution in [0.3, 0.4) is 0 Å². The molecular formula is C15H18F2N2OS. The van der Waals surface area contributed by atoms with Gasteiger partial charge in [-0.25, -0.2) is 8.78 Å². The molecule has 21 heavy (non-hydrogen) atoms. The van der Waals surface area contributed by atoms with E-state index in [1.54, 1.807) is 17.4 Å². The number of nitrogens with one attached hydrogen (secondary N) is 1. The molecule has 0 amide bonds. The summed E-state index contributed by atoms with van der Waals surface area (Å²) in [5, 5.41) is 14.9. The van der Waals surface area contributed by atoms with Crippen molar-refractivity contribution >= 4 is 11.3 Å². The van der Waals surface area contributed by atoms with Crippen LogP contribution >= 0.6 is 11.3 Å². The fourth-order valence-corrected chi connectivity index (χ4v) is 3.13. The number of thiophene rings is 1. The van der Waals surface area contributed by atoms with E-state index in [0.29, 0.717) is 0 Å². The Hall–Kier alpha value is -1.37. The van der Waals surface area contributed by atoms with E-state index in [1.165, 1.54) is 12.3 Å². The molecule has 2 aromatic heterocycles. The first-order valence-electron chi connectivity index (χ1n) is 6.67. The highest BCUT2D eigenvalue weighted by molar-refractivity contribution is 7.10. The average Bonchev–Trinajstić information content (AvgIpc) is 2.90. The van der Waals surface area contributed by atoms with Crippen molar-refractivity contribution in [1.29, 1.82) is 0 Å². The highest BCUT2D eigenvalue weighted by Crippen LogP contribution is 2.26. The number of pyridine rings is 1. The normalized spacial score (nSPS) is 14.4. The van der Waals surface area contributed by atoms with Gasteiger partial charge < -0.3 is 10.4 Å². The minimum atomic E-state index is -2.55. The van der Waals surface area contributed by atoms with Crippen LogP contribution in [-0.2, 0) is 0 Å². The van der Waals surface area contributed by atoms with Crippen LogP contribution in [0.4, 0.5) is 8.78 Å². The van der Waals surface area contributed by atoms with Crippen LogP contribution in [-0.4, -0.2) is 16.7 Å². The summed E-state index contributed by atoms with van der Waals surface area (Å²) < 4.78 is 25.0. The lowest BCUT2D eigenvalue weighted by atomic mass is 10.1. The Kier molecular flexibility index (Phi) is 5.39. The molecule has 2 atom stereocenters. The minimum Gasteiger partial charge on any atom is -0.394 e. The summed E-state index contributed by atoms with van der Waals surface area (Å²) in [6, 6.07) is 4.72. The summed E-state index contributed by atoms with van der Waals surface area (Å²) in [7, 11) is 0. The third kappa shape index (κ3) is 3.84. The van der Waals surface area contributed by atoms with Gasteiger partial charge in [0.05, 0.1) is 12.6 Å². The molecule has 2 unspecified atom stereocenters. The van der Waals surface area contributed by atoms with Gasteiger partial charge in [-0.05, 0) is 42.5 Å². The van der Waals surface area contributed by atoms with E-state index in [1.807, 2.05) is 25.3 Å². The number of nitrogens with zero attached hydrogens (tertiary/aromatic N) is 1. The Morgan fingerprint density at radius 2 is 2.10 bits per heavy atom. The number of aryl methyl sites for hydroxylation is 1. The van der Waals surface area contributed by atoms with Crippen LogP contribution in [0.25, 0.3) is 0 Å².